The third-order valence-electron chi connectivity index (χ3n) is 4.87. The number of nitrogens with one attached hydrogen (secondary N) is 1. The molecule has 1 amide bonds. The van der Waals surface area contributed by atoms with E-state index in [1.165, 1.54) is 23.1 Å². The Labute approximate surface area is 205 Å². The van der Waals surface area contributed by atoms with Gasteiger partial charge in [0.05, 0.1) is 32.2 Å². The summed E-state index contributed by atoms with van der Waals surface area (Å²) in [6, 6.07) is 13.5. The van der Waals surface area contributed by atoms with Crippen LogP contribution in [0.15, 0.2) is 61.8 Å². The number of aryl methyl sites for hydroxylation is 2. The van der Waals surface area contributed by atoms with E-state index in [1.807, 2.05) is 43.3 Å². The molecule has 0 fully saturated rings. The second-order valence-corrected chi connectivity index (χ2v) is 11.2. The van der Waals surface area contributed by atoms with Crippen molar-refractivity contribution < 1.29 is 4.79 Å². The fourth-order valence-electron chi connectivity index (χ4n) is 3.38. The zero-order chi connectivity index (χ0) is 22.2. The number of thioether (sulfide) groups is 2. The van der Waals surface area contributed by atoms with Gasteiger partial charge in [-0.25, -0.2) is 9.97 Å². The third-order valence-corrected chi connectivity index (χ3v) is 8.38. The predicted molar refractivity (Wildman–Crippen MR) is 136 cm³/mol. The first-order chi connectivity index (χ1) is 15.5. The minimum Gasteiger partial charge on any atom is -0.301 e. The summed E-state index contributed by atoms with van der Waals surface area (Å²) in [5, 5.41) is 3.97. The van der Waals surface area contributed by atoms with Gasteiger partial charge in [0.25, 0.3) is 5.56 Å². The Morgan fingerprint density at radius 3 is 2.84 bits per heavy atom. The third kappa shape index (κ3) is 4.36. The number of thiazole rings is 1. The maximum absolute atomic E-state index is 13.2. The fourth-order valence-corrected chi connectivity index (χ4v) is 6.48. The standard InChI is InChI=1S/C22H17BrN4O2S3/c1-12-2-7-15-17(10-12)32-21(24-15)26-18(28)11-31-22-25-16-8-9-30-19(16)20(29)27(22)14-5-3-13(23)4-6-14/h2-7,10H,8-9,11H2,1H3,(H,24,26,28). The topological polar surface area (TPSA) is 76.9 Å². The molecule has 5 rings (SSSR count). The van der Waals surface area contributed by atoms with E-state index in [0.717, 1.165) is 43.8 Å². The quantitative estimate of drug-likeness (QED) is 0.271. The summed E-state index contributed by atoms with van der Waals surface area (Å²) in [5.74, 6) is 0.797. The molecule has 1 N–H and O–H groups in total. The highest BCUT2D eigenvalue weighted by molar-refractivity contribution is 9.10. The van der Waals surface area contributed by atoms with Crippen molar-refractivity contribution in [2.75, 3.05) is 16.8 Å². The molecule has 0 saturated heterocycles. The van der Waals surface area contributed by atoms with Crippen LogP contribution in [0.3, 0.4) is 0 Å². The van der Waals surface area contributed by atoms with Crippen LogP contribution in [0.4, 0.5) is 5.13 Å². The number of hydrogen-bond donors (Lipinski definition) is 1. The van der Waals surface area contributed by atoms with Gasteiger partial charge in [0.15, 0.2) is 10.3 Å². The number of aromatic nitrogens is 3. The molecule has 0 aliphatic carbocycles. The van der Waals surface area contributed by atoms with Crippen molar-refractivity contribution in [2.45, 2.75) is 23.4 Å². The average Bonchev–Trinajstić information content (AvgIpc) is 3.39. The lowest BCUT2D eigenvalue weighted by molar-refractivity contribution is -0.113. The highest BCUT2D eigenvalue weighted by atomic mass is 79.9. The summed E-state index contributed by atoms with van der Waals surface area (Å²) >= 11 is 7.69. The Balaban J connectivity index is 1.39. The van der Waals surface area contributed by atoms with Crippen molar-refractivity contribution in [3.05, 3.63) is 68.5 Å². The van der Waals surface area contributed by atoms with Gasteiger partial charge in [-0.3, -0.25) is 14.2 Å². The number of carbonyl (C=O) groups is 1. The van der Waals surface area contributed by atoms with Gasteiger partial charge in [-0.15, -0.1) is 11.8 Å². The average molecular weight is 546 g/mol. The number of anilines is 1. The maximum Gasteiger partial charge on any atom is 0.272 e. The van der Waals surface area contributed by atoms with E-state index in [-0.39, 0.29) is 17.2 Å². The minimum absolute atomic E-state index is 0.0794. The minimum atomic E-state index is -0.183. The highest BCUT2D eigenvalue weighted by Crippen LogP contribution is 2.31. The van der Waals surface area contributed by atoms with Gasteiger partial charge in [0, 0.05) is 16.6 Å². The summed E-state index contributed by atoms with van der Waals surface area (Å²) in [6.07, 6.45) is 0.765. The largest absolute Gasteiger partial charge is 0.301 e. The summed E-state index contributed by atoms with van der Waals surface area (Å²) in [7, 11) is 0. The Bertz CT molecular complexity index is 1400. The van der Waals surface area contributed by atoms with Gasteiger partial charge in [-0.05, 0) is 48.9 Å². The number of fused-ring (bicyclic) bond motifs is 2. The van der Waals surface area contributed by atoms with Crippen molar-refractivity contribution in [2.24, 2.45) is 0 Å². The predicted octanol–water partition coefficient (Wildman–Crippen LogP) is 5.29. The van der Waals surface area contributed by atoms with Gasteiger partial charge >= 0.3 is 0 Å². The molecule has 0 unspecified atom stereocenters. The van der Waals surface area contributed by atoms with Gasteiger partial charge in [-0.2, -0.15) is 0 Å². The molecule has 1 aliphatic heterocycles. The van der Waals surface area contributed by atoms with Gasteiger partial charge in [0.2, 0.25) is 5.91 Å². The zero-order valence-electron chi connectivity index (χ0n) is 16.9. The van der Waals surface area contributed by atoms with Crippen molar-refractivity contribution >= 4 is 72.0 Å². The second kappa shape index (κ2) is 9.01. The van der Waals surface area contributed by atoms with Gasteiger partial charge in [0.1, 0.15) is 0 Å². The molecule has 10 heteroatoms. The van der Waals surface area contributed by atoms with E-state index in [0.29, 0.717) is 15.2 Å². The summed E-state index contributed by atoms with van der Waals surface area (Å²) < 4.78 is 3.56. The Morgan fingerprint density at radius 1 is 1.22 bits per heavy atom. The molecule has 4 aromatic rings. The maximum atomic E-state index is 13.2. The lowest BCUT2D eigenvalue weighted by atomic mass is 10.2. The molecule has 0 spiro atoms. The van der Waals surface area contributed by atoms with Gasteiger partial charge < -0.3 is 5.32 Å². The number of amides is 1. The monoisotopic (exact) mass is 544 g/mol. The molecular formula is C22H17BrN4O2S3. The fraction of sp³-hybridized carbons (Fsp3) is 0.182. The molecule has 3 heterocycles. The van der Waals surface area contributed by atoms with Crippen LogP contribution < -0.4 is 10.9 Å². The Kier molecular flexibility index (Phi) is 6.11. The van der Waals surface area contributed by atoms with Crippen LogP contribution in [0, 0.1) is 6.92 Å². The molecule has 0 radical (unpaired) electrons. The number of rotatable bonds is 5. The summed E-state index contributed by atoms with van der Waals surface area (Å²) in [4.78, 5) is 35.8. The molecule has 2 aromatic heterocycles. The zero-order valence-corrected chi connectivity index (χ0v) is 21.0. The van der Waals surface area contributed by atoms with E-state index in [9.17, 15) is 9.59 Å². The molecule has 32 heavy (non-hydrogen) atoms. The highest BCUT2D eigenvalue weighted by Gasteiger charge is 2.23. The molecular weight excluding hydrogens is 528 g/mol. The summed E-state index contributed by atoms with van der Waals surface area (Å²) in [6.45, 7) is 2.03. The Hall–Kier alpha value is -2.14. The number of halogens is 1. The van der Waals surface area contributed by atoms with Gasteiger partial charge in [-0.1, -0.05) is 45.1 Å². The van der Waals surface area contributed by atoms with Crippen LogP contribution in [-0.2, 0) is 11.2 Å². The molecule has 162 valence electrons. The van der Waals surface area contributed by atoms with Crippen molar-refractivity contribution in [1.82, 2.24) is 14.5 Å². The second-order valence-electron chi connectivity index (χ2n) is 7.21. The normalized spacial score (nSPS) is 12.8. The molecule has 6 nitrogen and oxygen atoms in total. The first-order valence-corrected chi connectivity index (χ1v) is 13.4. The lowest BCUT2D eigenvalue weighted by Gasteiger charge is -2.13. The van der Waals surface area contributed by atoms with Crippen molar-refractivity contribution in [3.63, 3.8) is 0 Å². The molecule has 0 atom stereocenters. The van der Waals surface area contributed by atoms with Crippen LogP contribution in [0.1, 0.15) is 11.3 Å². The van der Waals surface area contributed by atoms with E-state index in [1.54, 1.807) is 16.3 Å². The first-order valence-electron chi connectivity index (χ1n) is 9.82. The van der Waals surface area contributed by atoms with E-state index in [2.05, 4.69) is 32.3 Å². The Morgan fingerprint density at radius 2 is 2.03 bits per heavy atom. The van der Waals surface area contributed by atoms with E-state index in [4.69, 9.17) is 4.98 Å². The van der Waals surface area contributed by atoms with E-state index >= 15 is 0 Å². The van der Waals surface area contributed by atoms with Crippen molar-refractivity contribution in [1.29, 1.82) is 0 Å². The number of benzene rings is 2. The lowest BCUT2D eigenvalue weighted by Crippen LogP contribution is -2.24. The molecule has 2 aromatic carbocycles. The molecule has 0 saturated carbocycles. The number of carbonyl (C=O) groups excluding carboxylic acids is 1. The van der Waals surface area contributed by atoms with Crippen LogP contribution in [0.25, 0.3) is 15.9 Å². The van der Waals surface area contributed by atoms with Crippen LogP contribution >= 0.6 is 50.8 Å². The molecule has 1 aliphatic rings. The first kappa shape index (κ1) is 21.7. The van der Waals surface area contributed by atoms with Crippen molar-refractivity contribution in [3.8, 4) is 5.69 Å². The van der Waals surface area contributed by atoms with Crippen LogP contribution in [0.2, 0.25) is 0 Å². The molecule has 0 bridgehead atoms. The number of hydrogen-bond acceptors (Lipinski definition) is 7. The SMILES string of the molecule is Cc1ccc2nc(NC(=O)CSc3nc4c(c(=O)n3-c3ccc(Br)cc3)SCC4)sc2c1. The van der Waals surface area contributed by atoms with Crippen LogP contribution in [-0.4, -0.2) is 31.9 Å². The van der Waals surface area contributed by atoms with Crippen LogP contribution in [0.5, 0.6) is 0 Å². The smallest absolute Gasteiger partial charge is 0.272 e. The summed E-state index contributed by atoms with van der Waals surface area (Å²) in [5.41, 5.74) is 3.49. The number of nitrogens with zero attached hydrogens (tertiary/aromatic N) is 3. The van der Waals surface area contributed by atoms with E-state index < -0.39 is 0 Å².